The van der Waals surface area contributed by atoms with Gasteiger partial charge in [0.2, 0.25) is 0 Å². The fraction of sp³-hybridized carbons (Fsp3) is 0.158. The van der Waals surface area contributed by atoms with Crippen molar-refractivity contribution in [3.63, 3.8) is 0 Å². The van der Waals surface area contributed by atoms with Crippen molar-refractivity contribution in [3.8, 4) is 17.0 Å². The van der Waals surface area contributed by atoms with Gasteiger partial charge in [0, 0.05) is 10.6 Å². The van der Waals surface area contributed by atoms with Gasteiger partial charge in [0.1, 0.15) is 5.52 Å². The summed E-state index contributed by atoms with van der Waals surface area (Å²) in [4.78, 5) is 11.4. The van der Waals surface area contributed by atoms with Crippen molar-refractivity contribution >= 4 is 28.5 Å². The molecule has 0 saturated carbocycles. The van der Waals surface area contributed by atoms with Crippen LogP contribution in [0.2, 0.25) is 5.02 Å². The van der Waals surface area contributed by atoms with Gasteiger partial charge in [-0.1, -0.05) is 35.3 Å². The molecule has 4 rings (SSSR count). The summed E-state index contributed by atoms with van der Waals surface area (Å²) < 4.78 is 7.08. The van der Waals surface area contributed by atoms with Crippen molar-refractivity contribution in [1.82, 2.24) is 20.2 Å². The Labute approximate surface area is 159 Å². The van der Waals surface area contributed by atoms with Gasteiger partial charge in [-0.2, -0.15) is 0 Å². The van der Waals surface area contributed by atoms with E-state index >= 15 is 0 Å². The SMILES string of the molecule is CCCc1c(C(=O)O)nnn1-c1ccc2noc(-c3ccc(Cl)cc3)c2c1. The number of carboxylic acids is 1. The third-order valence-electron chi connectivity index (χ3n) is 4.26. The van der Waals surface area contributed by atoms with Crippen molar-refractivity contribution in [3.05, 3.63) is 58.9 Å². The number of hydrogen-bond donors (Lipinski definition) is 1. The monoisotopic (exact) mass is 382 g/mol. The van der Waals surface area contributed by atoms with E-state index in [2.05, 4.69) is 15.5 Å². The Bertz CT molecular complexity index is 1130. The second-order valence-electron chi connectivity index (χ2n) is 6.07. The van der Waals surface area contributed by atoms with Gasteiger partial charge in [-0.3, -0.25) is 0 Å². The summed E-state index contributed by atoms with van der Waals surface area (Å²) in [6.45, 7) is 1.98. The molecule has 2 heterocycles. The fourth-order valence-electron chi connectivity index (χ4n) is 3.01. The van der Waals surface area contributed by atoms with Crippen LogP contribution in [0, 0.1) is 0 Å². The Morgan fingerprint density at radius 2 is 2.00 bits per heavy atom. The van der Waals surface area contributed by atoms with Crippen LogP contribution in [-0.2, 0) is 6.42 Å². The molecule has 0 aliphatic carbocycles. The van der Waals surface area contributed by atoms with Gasteiger partial charge in [0.15, 0.2) is 11.5 Å². The third-order valence-corrected chi connectivity index (χ3v) is 4.52. The smallest absolute Gasteiger partial charge is 0.358 e. The Balaban J connectivity index is 1.86. The minimum atomic E-state index is -1.09. The predicted octanol–water partition coefficient (Wildman–Crippen LogP) is 4.38. The predicted molar refractivity (Wildman–Crippen MR) is 100 cm³/mol. The molecular weight excluding hydrogens is 368 g/mol. The van der Waals surface area contributed by atoms with Gasteiger partial charge >= 0.3 is 5.97 Å². The van der Waals surface area contributed by atoms with Gasteiger partial charge in [-0.25, -0.2) is 9.48 Å². The summed E-state index contributed by atoms with van der Waals surface area (Å²) in [5.74, 6) is -0.475. The molecule has 7 nitrogen and oxygen atoms in total. The molecule has 1 N–H and O–H groups in total. The minimum Gasteiger partial charge on any atom is -0.476 e. The maximum Gasteiger partial charge on any atom is 0.358 e. The standard InChI is InChI=1S/C19H15ClN4O3/c1-2-3-16-17(19(25)26)21-23-24(16)13-8-9-15-14(10-13)18(27-22-15)11-4-6-12(20)7-5-11/h4-10H,2-3H2,1H3,(H,25,26). The zero-order valence-electron chi connectivity index (χ0n) is 14.4. The highest BCUT2D eigenvalue weighted by Gasteiger charge is 2.20. The Morgan fingerprint density at radius 1 is 1.22 bits per heavy atom. The summed E-state index contributed by atoms with van der Waals surface area (Å²) in [6.07, 6.45) is 1.33. The first-order valence-electron chi connectivity index (χ1n) is 8.42. The quantitative estimate of drug-likeness (QED) is 0.550. The van der Waals surface area contributed by atoms with E-state index in [1.165, 1.54) is 0 Å². The lowest BCUT2D eigenvalue weighted by molar-refractivity contribution is 0.0689. The molecule has 0 fully saturated rings. The molecule has 0 saturated heterocycles. The average molecular weight is 383 g/mol. The summed E-state index contributed by atoms with van der Waals surface area (Å²) >= 11 is 5.96. The molecule has 27 heavy (non-hydrogen) atoms. The number of hydrogen-bond acceptors (Lipinski definition) is 5. The van der Waals surface area contributed by atoms with Crippen molar-refractivity contribution in [2.24, 2.45) is 0 Å². The van der Waals surface area contributed by atoms with E-state index in [1.54, 1.807) is 16.8 Å². The van der Waals surface area contributed by atoms with Gasteiger partial charge in [0.05, 0.1) is 16.8 Å². The number of halogens is 1. The fourth-order valence-corrected chi connectivity index (χ4v) is 3.13. The molecule has 4 aromatic rings. The normalized spacial score (nSPS) is 11.2. The van der Waals surface area contributed by atoms with E-state index in [9.17, 15) is 9.90 Å². The topological polar surface area (TPSA) is 94.0 Å². The van der Waals surface area contributed by atoms with Crippen LogP contribution in [0.25, 0.3) is 27.9 Å². The van der Waals surface area contributed by atoms with Crippen LogP contribution in [0.5, 0.6) is 0 Å². The third kappa shape index (κ3) is 3.06. The molecule has 0 amide bonds. The number of aromatic nitrogens is 4. The number of nitrogens with zero attached hydrogens (tertiary/aromatic N) is 4. The van der Waals surface area contributed by atoms with E-state index in [1.807, 2.05) is 37.3 Å². The Kier molecular flexibility index (Phi) is 4.37. The molecule has 0 unspecified atom stereocenters. The molecule has 0 radical (unpaired) electrons. The second kappa shape index (κ2) is 6.85. The van der Waals surface area contributed by atoms with Crippen molar-refractivity contribution < 1.29 is 14.4 Å². The number of benzene rings is 2. The molecule has 0 aliphatic rings. The minimum absolute atomic E-state index is 0.0276. The van der Waals surface area contributed by atoms with E-state index in [4.69, 9.17) is 16.1 Å². The van der Waals surface area contributed by atoms with Crippen LogP contribution in [0.3, 0.4) is 0 Å². The Hall–Kier alpha value is -3.19. The van der Waals surface area contributed by atoms with Crippen molar-refractivity contribution in [2.75, 3.05) is 0 Å². The van der Waals surface area contributed by atoms with Crippen LogP contribution in [0.4, 0.5) is 0 Å². The van der Waals surface area contributed by atoms with Crippen molar-refractivity contribution in [2.45, 2.75) is 19.8 Å². The number of rotatable bonds is 5. The van der Waals surface area contributed by atoms with E-state index in [0.29, 0.717) is 34.1 Å². The molecule has 8 heteroatoms. The van der Waals surface area contributed by atoms with Gasteiger partial charge < -0.3 is 9.63 Å². The average Bonchev–Trinajstić information content (AvgIpc) is 3.26. The number of carbonyl (C=O) groups is 1. The van der Waals surface area contributed by atoms with Gasteiger partial charge in [0.25, 0.3) is 0 Å². The van der Waals surface area contributed by atoms with Crippen LogP contribution >= 0.6 is 11.6 Å². The first-order valence-corrected chi connectivity index (χ1v) is 8.80. The highest BCUT2D eigenvalue weighted by Crippen LogP contribution is 2.31. The number of carboxylic acid groups (broad SMARTS) is 1. The summed E-state index contributed by atoms with van der Waals surface area (Å²) in [5.41, 5.74) is 2.77. The van der Waals surface area contributed by atoms with E-state index in [0.717, 1.165) is 17.4 Å². The van der Waals surface area contributed by atoms with E-state index in [-0.39, 0.29) is 5.69 Å². The zero-order chi connectivity index (χ0) is 19.0. The highest BCUT2D eigenvalue weighted by atomic mass is 35.5. The van der Waals surface area contributed by atoms with Crippen LogP contribution < -0.4 is 0 Å². The highest BCUT2D eigenvalue weighted by molar-refractivity contribution is 6.30. The molecule has 2 aromatic heterocycles. The Morgan fingerprint density at radius 3 is 2.70 bits per heavy atom. The van der Waals surface area contributed by atoms with Gasteiger partial charge in [-0.05, 0) is 48.9 Å². The second-order valence-corrected chi connectivity index (χ2v) is 6.51. The van der Waals surface area contributed by atoms with Crippen molar-refractivity contribution in [1.29, 1.82) is 0 Å². The molecule has 0 bridgehead atoms. The molecule has 136 valence electrons. The van der Waals surface area contributed by atoms with Gasteiger partial charge in [-0.15, -0.1) is 5.10 Å². The van der Waals surface area contributed by atoms with Crippen LogP contribution in [0.15, 0.2) is 47.0 Å². The summed E-state index contributed by atoms with van der Waals surface area (Å²) in [7, 11) is 0. The lowest BCUT2D eigenvalue weighted by Crippen LogP contribution is -2.06. The van der Waals surface area contributed by atoms with Crippen LogP contribution in [0.1, 0.15) is 29.5 Å². The molecule has 0 aliphatic heterocycles. The lowest BCUT2D eigenvalue weighted by Gasteiger charge is -2.06. The zero-order valence-corrected chi connectivity index (χ0v) is 15.1. The molecular formula is C19H15ClN4O3. The maximum absolute atomic E-state index is 11.4. The first-order chi connectivity index (χ1) is 13.1. The first kappa shape index (κ1) is 17.2. The summed E-state index contributed by atoms with van der Waals surface area (Å²) in [5, 5.41) is 22.8. The van der Waals surface area contributed by atoms with Crippen LogP contribution in [-0.4, -0.2) is 31.2 Å². The number of fused-ring (bicyclic) bond motifs is 1. The lowest BCUT2D eigenvalue weighted by atomic mass is 10.1. The number of aromatic carboxylic acids is 1. The maximum atomic E-state index is 11.4. The summed E-state index contributed by atoms with van der Waals surface area (Å²) in [6, 6.07) is 12.8. The molecule has 2 aromatic carbocycles. The largest absolute Gasteiger partial charge is 0.476 e. The van der Waals surface area contributed by atoms with E-state index < -0.39 is 5.97 Å². The molecule has 0 atom stereocenters. The molecule has 0 spiro atoms.